The van der Waals surface area contributed by atoms with E-state index in [1.807, 2.05) is 60.7 Å². The molecule has 0 unspecified atom stereocenters. The summed E-state index contributed by atoms with van der Waals surface area (Å²) in [7, 11) is 0. The van der Waals surface area contributed by atoms with Crippen LogP contribution in [0.1, 0.15) is 0 Å². The van der Waals surface area contributed by atoms with Gasteiger partial charge >= 0.3 is 0 Å². The van der Waals surface area contributed by atoms with Gasteiger partial charge in [-0.3, -0.25) is 4.57 Å². The summed E-state index contributed by atoms with van der Waals surface area (Å²) in [6.07, 6.45) is 0. The van der Waals surface area contributed by atoms with E-state index < -0.39 is 0 Å². The van der Waals surface area contributed by atoms with Gasteiger partial charge in [0.1, 0.15) is 0 Å². The molecule has 0 spiro atoms. The molecule has 3 aromatic heterocycles. The molecule has 0 aliphatic heterocycles. The molecular formula is C51H34N6. The second-order valence-corrected chi connectivity index (χ2v) is 14.1. The average Bonchev–Trinajstić information content (AvgIpc) is 3.81. The molecule has 0 bridgehead atoms. The van der Waals surface area contributed by atoms with Crippen molar-refractivity contribution in [2.75, 3.05) is 4.90 Å². The highest BCUT2D eigenvalue weighted by atomic mass is 15.2. The van der Waals surface area contributed by atoms with Gasteiger partial charge in [-0.25, -0.2) is 4.98 Å². The first-order valence-corrected chi connectivity index (χ1v) is 19.1. The van der Waals surface area contributed by atoms with Crippen molar-refractivity contribution in [3.05, 3.63) is 206 Å². The van der Waals surface area contributed by atoms with Crippen molar-refractivity contribution in [1.82, 2.24) is 24.1 Å². The Bertz CT molecular complexity index is 3110. The van der Waals surface area contributed by atoms with Gasteiger partial charge in [0.15, 0.2) is 11.6 Å². The van der Waals surface area contributed by atoms with Crippen molar-refractivity contribution in [1.29, 1.82) is 0 Å². The standard InChI is InChI=1S/C51H34N6/c1-4-17-35(18-5-1)49-52-50(36-19-6-2-7-20-36)54-51(53-49)57-45-28-15-12-25-42(45)48-46(29-16-30-47(48)57)55(37-21-8-3-9-22-37)38-31-33-39(34-32-38)56-43-26-13-10-23-40(43)41-24-11-14-27-44(41)56/h1-34H. The quantitative estimate of drug-likeness (QED) is 0.164. The number of fused-ring (bicyclic) bond motifs is 6. The first kappa shape index (κ1) is 32.6. The molecule has 0 saturated carbocycles. The molecule has 11 rings (SSSR count). The lowest BCUT2D eigenvalue weighted by Crippen LogP contribution is -2.10. The minimum Gasteiger partial charge on any atom is -0.310 e. The van der Waals surface area contributed by atoms with E-state index in [-0.39, 0.29) is 0 Å². The van der Waals surface area contributed by atoms with Gasteiger partial charge in [-0.2, -0.15) is 9.97 Å². The molecule has 0 fully saturated rings. The maximum Gasteiger partial charge on any atom is 0.238 e. The van der Waals surface area contributed by atoms with E-state index in [1.54, 1.807) is 0 Å². The van der Waals surface area contributed by atoms with E-state index in [4.69, 9.17) is 15.0 Å². The molecule has 0 saturated heterocycles. The van der Waals surface area contributed by atoms with Crippen LogP contribution < -0.4 is 4.90 Å². The minimum atomic E-state index is 0.563. The predicted molar refractivity (Wildman–Crippen MR) is 234 cm³/mol. The van der Waals surface area contributed by atoms with Crippen LogP contribution in [0.15, 0.2) is 206 Å². The van der Waals surface area contributed by atoms with E-state index >= 15 is 0 Å². The molecule has 6 nitrogen and oxygen atoms in total. The monoisotopic (exact) mass is 730 g/mol. The zero-order chi connectivity index (χ0) is 37.7. The fraction of sp³-hybridized carbons (Fsp3) is 0. The number of benzene rings is 8. The number of hydrogen-bond acceptors (Lipinski definition) is 4. The van der Waals surface area contributed by atoms with Gasteiger partial charge in [-0.15, -0.1) is 0 Å². The summed E-state index contributed by atoms with van der Waals surface area (Å²) >= 11 is 0. The van der Waals surface area contributed by atoms with Gasteiger partial charge in [0, 0.05) is 49.7 Å². The Kier molecular flexibility index (Phi) is 7.71. The summed E-state index contributed by atoms with van der Waals surface area (Å²) in [6, 6.07) is 72.1. The number of aromatic nitrogens is 5. The van der Waals surface area contributed by atoms with Crippen molar-refractivity contribution >= 4 is 60.7 Å². The Morgan fingerprint density at radius 3 is 1.37 bits per heavy atom. The second kappa shape index (κ2) is 13.5. The Labute approximate surface area is 329 Å². The van der Waals surface area contributed by atoms with Crippen LogP contribution in [-0.2, 0) is 0 Å². The first-order chi connectivity index (χ1) is 28.3. The van der Waals surface area contributed by atoms with Gasteiger partial charge < -0.3 is 9.47 Å². The number of para-hydroxylation sites is 4. The fourth-order valence-electron chi connectivity index (χ4n) is 8.26. The summed E-state index contributed by atoms with van der Waals surface area (Å²) < 4.78 is 4.54. The lowest BCUT2D eigenvalue weighted by molar-refractivity contribution is 0.953. The normalized spacial score (nSPS) is 11.5. The van der Waals surface area contributed by atoms with Gasteiger partial charge in [-0.1, -0.05) is 140 Å². The van der Waals surface area contributed by atoms with Crippen LogP contribution in [0.2, 0.25) is 0 Å². The Morgan fingerprint density at radius 1 is 0.333 bits per heavy atom. The Hall–Kier alpha value is -7.83. The lowest BCUT2D eigenvalue weighted by atomic mass is 10.1. The van der Waals surface area contributed by atoms with Crippen LogP contribution in [0.3, 0.4) is 0 Å². The summed E-state index contributed by atoms with van der Waals surface area (Å²) in [5.41, 5.74) is 10.5. The molecule has 268 valence electrons. The Morgan fingerprint density at radius 2 is 0.789 bits per heavy atom. The molecule has 0 radical (unpaired) electrons. The molecule has 0 amide bonds. The van der Waals surface area contributed by atoms with Crippen LogP contribution in [0.4, 0.5) is 17.1 Å². The minimum absolute atomic E-state index is 0.563. The van der Waals surface area contributed by atoms with E-state index in [0.29, 0.717) is 17.6 Å². The van der Waals surface area contributed by atoms with E-state index in [0.717, 1.165) is 55.7 Å². The van der Waals surface area contributed by atoms with Gasteiger partial charge in [0.25, 0.3) is 0 Å². The van der Waals surface area contributed by atoms with E-state index in [1.165, 1.54) is 21.8 Å². The first-order valence-electron chi connectivity index (χ1n) is 19.1. The third-order valence-electron chi connectivity index (χ3n) is 10.8. The Balaban J connectivity index is 1.12. The highest BCUT2D eigenvalue weighted by Gasteiger charge is 2.23. The van der Waals surface area contributed by atoms with Crippen LogP contribution in [0.25, 0.3) is 78.0 Å². The van der Waals surface area contributed by atoms with Gasteiger partial charge in [0.2, 0.25) is 5.95 Å². The summed E-state index contributed by atoms with van der Waals surface area (Å²) in [5.74, 6) is 1.81. The molecule has 11 aromatic rings. The average molecular weight is 731 g/mol. The highest BCUT2D eigenvalue weighted by Crippen LogP contribution is 2.44. The van der Waals surface area contributed by atoms with Crippen LogP contribution in [0.5, 0.6) is 0 Å². The van der Waals surface area contributed by atoms with Gasteiger partial charge in [0.05, 0.1) is 27.8 Å². The second-order valence-electron chi connectivity index (χ2n) is 14.1. The number of nitrogens with zero attached hydrogens (tertiary/aromatic N) is 6. The molecule has 3 heterocycles. The highest BCUT2D eigenvalue weighted by molar-refractivity contribution is 6.16. The summed E-state index contributed by atoms with van der Waals surface area (Å²) in [6.45, 7) is 0. The van der Waals surface area contributed by atoms with E-state index in [2.05, 4.69) is 160 Å². The number of anilines is 3. The van der Waals surface area contributed by atoms with Gasteiger partial charge in [-0.05, 0) is 66.7 Å². The lowest BCUT2D eigenvalue weighted by Gasteiger charge is -2.26. The van der Waals surface area contributed by atoms with Crippen molar-refractivity contribution in [3.63, 3.8) is 0 Å². The van der Waals surface area contributed by atoms with Crippen LogP contribution in [0, 0.1) is 0 Å². The number of hydrogen-bond donors (Lipinski definition) is 0. The number of rotatable bonds is 7. The molecule has 6 heteroatoms. The summed E-state index contributed by atoms with van der Waals surface area (Å²) in [5, 5.41) is 4.70. The SMILES string of the molecule is c1ccc(-c2nc(-c3ccccc3)nc(-n3c4ccccc4c4c(N(c5ccccc5)c5ccc(-n6c7ccccc7c7ccccc76)cc5)cccc43)n2)cc1. The predicted octanol–water partition coefficient (Wildman–Crippen LogP) is 12.9. The largest absolute Gasteiger partial charge is 0.310 e. The maximum atomic E-state index is 5.16. The topological polar surface area (TPSA) is 51.8 Å². The molecule has 0 aliphatic carbocycles. The zero-order valence-electron chi connectivity index (χ0n) is 30.8. The maximum absolute atomic E-state index is 5.16. The van der Waals surface area contributed by atoms with Crippen molar-refractivity contribution in [2.45, 2.75) is 0 Å². The van der Waals surface area contributed by atoms with Crippen LogP contribution in [-0.4, -0.2) is 24.1 Å². The third-order valence-corrected chi connectivity index (χ3v) is 10.8. The third kappa shape index (κ3) is 5.46. The molecule has 57 heavy (non-hydrogen) atoms. The molecule has 0 atom stereocenters. The smallest absolute Gasteiger partial charge is 0.238 e. The summed E-state index contributed by atoms with van der Waals surface area (Å²) in [4.78, 5) is 17.7. The van der Waals surface area contributed by atoms with Crippen molar-refractivity contribution in [3.8, 4) is 34.4 Å². The van der Waals surface area contributed by atoms with E-state index in [9.17, 15) is 0 Å². The molecule has 0 N–H and O–H groups in total. The zero-order valence-corrected chi connectivity index (χ0v) is 30.8. The molecule has 8 aromatic carbocycles. The van der Waals surface area contributed by atoms with Crippen molar-refractivity contribution in [2.24, 2.45) is 0 Å². The molecule has 0 aliphatic rings. The van der Waals surface area contributed by atoms with Crippen molar-refractivity contribution < 1.29 is 0 Å². The fourth-order valence-corrected chi connectivity index (χ4v) is 8.26. The van der Waals surface area contributed by atoms with Crippen LogP contribution >= 0.6 is 0 Å². The molecular weight excluding hydrogens is 697 g/mol.